The van der Waals surface area contributed by atoms with Crippen LogP contribution in [0.4, 0.5) is 11.4 Å². The van der Waals surface area contributed by atoms with Gasteiger partial charge in [-0.25, -0.2) is 0 Å². The van der Waals surface area contributed by atoms with Gasteiger partial charge in [0, 0.05) is 29.6 Å². The minimum absolute atomic E-state index is 0.0117. The molecule has 2 rings (SSSR count). The molecule has 0 saturated heterocycles. The lowest BCUT2D eigenvalue weighted by Crippen LogP contribution is -2.21. The zero-order chi connectivity index (χ0) is 22.8. The van der Waals surface area contributed by atoms with Crippen LogP contribution < -0.4 is 20.1 Å². The Hall–Kier alpha value is -3.26. The number of methoxy groups -OCH3 is 2. The van der Waals surface area contributed by atoms with Gasteiger partial charge in [-0.1, -0.05) is 17.7 Å². The first-order valence-corrected chi connectivity index (χ1v) is 9.93. The molecule has 2 N–H and O–H groups in total. The number of carbonyl (C=O) groups excluding carboxylic acids is 3. The summed E-state index contributed by atoms with van der Waals surface area (Å²) in [6, 6.07) is 10.2. The van der Waals surface area contributed by atoms with Crippen LogP contribution in [0.2, 0.25) is 5.02 Å². The standard InChI is InChI=1S/C22H25ClN2O6/c1-14-7-8-15(11-17(14)23)24-20(26)5-4-6-22(28)31-13-21(27)25-18-12-16(29-2)9-10-19(18)30-3/h7-12H,4-6,13H2,1-3H3,(H,24,26)(H,25,27). The van der Waals surface area contributed by atoms with E-state index in [2.05, 4.69) is 10.6 Å². The Morgan fingerprint density at radius 1 is 0.935 bits per heavy atom. The van der Waals surface area contributed by atoms with Gasteiger partial charge in [0.2, 0.25) is 5.91 Å². The third kappa shape index (κ3) is 7.82. The highest BCUT2D eigenvalue weighted by Crippen LogP contribution is 2.28. The van der Waals surface area contributed by atoms with Crippen molar-refractivity contribution in [3.05, 3.63) is 47.0 Å². The van der Waals surface area contributed by atoms with Gasteiger partial charge < -0.3 is 24.8 Å². The minimum Gasteiger partial charge on any atom is -0.497 e. The van der Waals surface area contributed by atoms with Crippen molar-refractivity contribution in [2.45, 2.75) is 26.2 Å². The number of rotatable bonds is 10. The average Bonchev–Trinajstić information content (AvgIpc) is 2.74. The SMILES string of the molecule is COc1ccc(OC)c(NC(=O)COC(=O)CCCC(=O)Nc2ccc(C)c(Cl)c2)c1. The molecule has 2 aromatic carbocycles. The normalized spacial score (nSPS) is 10.2. The molecule has 0 radical (unpaired) electrons. The Labute approximate surface area is 185 Å². The summed E-state index contributed by atoms with van der Waals surface area (Å²) in [4.78, 5) is 35.9. The molecular formula is C22H25ClN2O6. The van der Waals surface area contributed by atoms with Gasteiger partial charge in [-0.05, 0) is 43.2 Å². The number of anilines is 2. The van der Waals surface area contributed by atoms with Gasteiger partial charge in [-0.2, -0.15) is 0 Å². The molecule has 0 bridgehead atoms. The van der Waals surface area contributed by atoms with Crippen molar-refractivity contribution in [2.24, 2.45) is 0 Å². The van der Waals surface area contributed by atoms with Crippen molar-refractivity contribution >= 4 is 40.8 Å². The van der Waals surface area contributed by atoms with E-state index in [9.17, 15) is 14.4 Å². The van der Waals surface area contributed by atoms with Crippen molar-refractivity contribution in [1.82, 2.24) is 0 Å². The van der Waals surface area contributed by atoms with E-state index in [4.69, 9.17) is 25.8 Å². The number of nitrogens with one attached hydrogen (secondary N) is 2. The molecule has 0 aromatic heterocycles. The summed E-state index contributed by atoms with van der Waals surface area (Å²) in [7, 11) is 2.98. The Morgan fingerprint density at radius 3 is 2.39 bits per heavy atom. The summed E-state index contributed by atoms with van der Waals surface area (Å²) < 4.78 is 15.3. The molecule has 0 aliphatic carbocycles. The van der Waals surface area contributed by atoms with Crippen LogP contribution in [0.3, 0.4) is 0 Å². The topological polar surface area (TPSA) is 103 Å². The first-order chi connectivity index (χ1) is 14.8. The smallest absolute Gasteiger partial charge is 0.306 e. The van der Waals surface area contributed by atoms with E-state index in [0.717, 1.165) is 5.56 Å². The second-order valence-corrected chi connectivity index (χ2v) is 7.05. The first-order valence-electron chi connectivity index (χ1n) is 9.56. The maximum Gasteiger partial charge on any atom is 0.306 e. The van der Waals surface area contributed by atoms with Crippen LogP contribution >= 0.6 is 11.6 Å². The summed E-state index contributed by atoms with van der Waals surface area (Å²) in [6.07, 6.45) is 0.432. The Balaban J connectivity index is 1.71. The van der Waals surface area contributed by atoms with Crippen LogP contribution in [0.1, 0.15) is 24.8 Å². The third-order valence-electron chi connectivity index (χ3n) is 4.29. The lowest BCUT2D eigenvalue weighted by molar-refractivity contribution is -0.147. The highest BCUT2D eigenvalue weighted by molar-refractivity contribution is 6.31. The average molecular weight is 449 g/mol. The van der Waals surface area contributed by atoms with Crippen LogP contribution in [0, 0.1) is 6.92 Å². The second kappa shape index (κ2) is 11.8. The number of esters is 1. The fourth-order valence-electron chi connectivity index (χ4n) is 2.60. The first kappa shape index (κ1) is 24.0. The summed E-state index contributed by atoms with van der Waals surface area (Å²) in [5.74, 6) is -0.343. The molecule has 0 saturated carbocycles. The van der Waals surface area contributed by atoms with Crippen LogP contribution in [-0.4, -0.2) is 38.6 Å². The number of aryl methyl sites for hydroxylation is 1. The number of benzene rings is 2. The number of ether oxygens (including phenoxy) is 3. The van der Waals surface area contributed by atoms with Crippen molar-refractivity contribution in [3.63, 3.8) is 0 Å². The number of hydrogen-bond acceptors (Lipinski definition) is 6. The van der Waals surface area contributed by atoms with Crippen molar-refractivity contribution in [1.29, 1.82) is 0 Å². The van der Waals surface area contributed by atoms with E-state index in [0.29, 0.717) is 27.9 Å². The monoisotopic (exact) mass is 448 g/mol. The lowest BCUT2D eigenvalue weighted by atomic mass is 10.2. The van der Waals surface area contributed by atoms with Crippen molar-refractivity contribution in [2.75, 3.05) is 31.5 Å². The summed E-state index contributed by atoms with van der Waals surface area (Å²) >= 11 is 6.03. The van der Waals surface area contributed by atoms with Crippen molar-refractivity contribution in [3.8, 4) is 11.5 Å². The molecule has 0 heterocycles. The zero-order valence-corrected chi connectivity index (χ0v) is 18.4. The molecule has 0 unspecified atom stereocenters. The molecule has 8 nitrogen and oxygen atoms in total. The number of halogens is 1. The van der Waals surface area contributed by atoms with Crippen LogP contribution in [0.15, 0.2) is 36.4 Å². The summed E-state index contributed by atoms with van der Waals surface area (Å²) in [6.45, 7) is 1.42. The minimum atomic E-state index is -0.570. The quantitative estimate of drug-likeness (QED) is 0.533. The molecule has 0 fully saturated rings. The van der Waals surface area contributed by atoms with Gasteiger partial charge in [0.15, 0.2) is 6.61 Å². The zero-order valence-electron chi connectivity index (χ0n) is 17.6. The van der Waals surface area contributed by atoms with Gasteiger partial charge in [0.25, 0.3) is 5.91 Å². The predicted molar refractivity (Wildman–Crippen MR) is 118 cm³/mol. The van der Waals surface area contributed by atoms with Gasteiger partial charge in [-0.3, -0.25) is 14.4 Å². The summed E-state index contributed by atoms with van der Waals surface area (Å²) in [5, 5.41) is 5.89. The molecule has 0 aliphatic rings. The second-order valence-electron chi connectivity index (χ2n) is 6.64. The molecule has 9 heteroatoms. The van der Waals surface area contributed by atoms with Gasteiger partial charge in [0.1, 0.15) is 11.5 Å². The van der Waals surface area contributed by atoms with Crippen LogP contribution in [0.25, 0.3) is 0 Å². The molecule has 2 aromatic rings. The molecule has 0 aliphatic heterocycles. The number of hydrogen-bond donors (Lipinski definition) is 2. The van der Waals surface area contributed by atoms with Gasteiger partial charge >= 0.3 is 5.97 Å². The lowest BCUT2D eigenvalue weighted by Gasteiger charge is -2.12. The van der Waals surface area contributed by atoms with E-state index in [1.165, 1.54) is 14.2 Å². The van der Waals surface area contributed by atoms with Gasteiger partial charge in [-0.15, -0.1) is 0 Å². The van der Waals surface area contributed by atoms with E-state index in [1.807, 2.05) is 13.0 Å². The fourth-order valence-corrected chi connectivity index (χ4v) is 2.78. The van der Waals surface area contributed by atoms with Crippen LogP contribution in [0.5, 0.6) is 11.5 Å². The Morgan fingerprint density at radius 2 is 1.71 bits per heavy atom. The van der Waals surface area contributed by atoms with Crippen molar-refractivity contribution < 1.29 is 28.6 Å². The Bertz CT molecular complexity index is 948. The Kier molecular flexibility index (Phi) is 9.14. The van der Waals surface area contributed by atoms with Gasteiger partial charge in [0.05, 0.1) is 19.9 Å². The highest BCUT2D eigenvalue weighted by atomic mass is 35.5. The number of amides is 2. The largest absolute Gasteiger partial charge is 0.497 e. The third-order valence-corrected chi connectivity index (χ3v) is 4.69. The molecule has 166 valence electrons. The predicted octanol–water partition coefficient (Wildman–Crippen LogP) is 3.96. The molecule has 31 heavy (non-hydrogen) atoms. The van der Waals surface area contributed by atoms with E-state index in [-0.39, 0.29) is 25.2 Å². The molecular weight excluding hydrogens is 424 g/mol. The molecule has 2 amide bonds. The number of carbonyl (C=O) groups is 3. The maximum absolute atomic E-state index is 12.1. The summed E-state index contributed by atoms with van der Waals surface area (Å²) in [5.41, 5.74) is 1.90. The van der Waals surface area contributed by atoms with E-state index >= 15 is 0 Å². The van der Waals surface area contributed by atoms with E-state index < -0.39 is 18.5 Å². The highest BCUT2D eigenvalue weighted by Gasteiger charge is 2.12. The molecule has 0 spiro atoms. The van der Waals surface area contributed by atoms with E-state index in [1.54, 1.807) is 30.3 Å². The maximum atomic E-state index is 12.1. The van der Waals surface area contributed by atoms with Crippen LogP contribution in [-0.2, 0) is 19.1 Å². The fraction of sp³-hybridized carbons (Fsp3) is 0.318. The molecule has 0 atom stereocenters.